The van der Waals surface area contributed by atoms with Crippen LogP contribution in [0.1, 0.15) is 66.0 Å². The van der Waals surface area contributed by atoms with Gasteiger partial charge in [0.15, 0.2) is 0 Å². The minimum Gasteiger partial charge on any atom is -0.361 e. The Morgan fingerprint density at radius 3 is 2.64 bits per heavy atom. The lowest BCUT2D eigenvalue weighted by Crippen LogP contribution is -2.40. The number of carbonyl (C=O) groups is 2. The quantitative estimate of drug-likeness (QED) is 0.557. The molecule has 174 valence electrons. The van der Waals surface area contributed by atoms with E-state index in [1.807, 2.05) is 40.8 Å². The standard InChI is InChI=1S/C25H31N5O3/c1-3-21-24(18(2)33-28-21)25(32)29-16-13-20(14-17-29)30-22(12-15-26-30)27-23(31)11-7-10-19-8-5-4-6-9-19/h4-6,8-9,12,15,20H,3,7,10-11,13-14,16-17H2,1-2H3,(H,27,31). The number of amides is 2. The zero-order valence-electron chi connectivity index (χ0n) is 19.3. The van der Waals surface area contributed by atoms with Crippen LogP contribution in [-0.2, 0) is 17.6 Å². The SMILES string of the molecule is CCc1noc(C)c1C(=O)N1CCC(n2nccc2NC(=O)CCCc2ccccc2)CC1. The van der Waals surface area contributed by atoms with Crippen LogP contribution in [0.2, 0.25) is 0 Å². The average Bonchev–Trinajstić information content (AvgIpc) is 3.45. The molecule has 1 N–H and O–H groups in total. The summed E-state index contributed by atoms with van der Waals surface area (Å²) in [7, 11) is 0. The highest BCUT2D eigenvalue weighted by atomic mass is 16.5. The van der Waals surface area contributed by atoms with E-state index < -0.39 is 0 Å². The van der Waals surface area contributed by atoms with E-state index in [2.05, 4.69) is 27.7 Å². The van der Waals surface area contributed by atoms with Crippen LogP contribution in [-0.4, -0.2) is 44.7 Å². The van der Waals surface area contributed by atoms with E-state index >= 15 is 0 Å². The van der Waals surface area contributed by atoms with E-state index in [0.29, 0.717) is 48.8 Å². The Balaban J connectivity index is 1.30. The molecule has 0 radical (unpaired) electrons. The van der Waals surface area contributed by atoms with Crippen molar-refractivity contribution in [2.75, 3.05) is 18.4 Å². The van der Waals surface area contributed by atoms with Gasteiger partial charge < -0.3 is 14.7 Å². The molecule has 3 heterocycles. The van der Waals surface area contributed by atoms with E-state index in [-0.39, 0.29) is 17.9 Å². The fourth-order valence-corrected chi connectivity index (χ4v) is 4.41. The summed E-state index contributed by atoms with van der Waals surface area (Å²) in [5.74, 6) is 1.27. The van der Waals surface area contributed by atoms with Gasteiger partial charge in [0.05, 0.1) is 17.9 Å². The van der Waals surface area contributed by atoms with Crippen molar-refractivity contribution in [2.24, 2.45) is 0 Å². The van der Waals surface area contributed by atoms with Crippen molar-refractivity contribution in [3.05, 3.63) is 65.2 Å². The summed E-state index contributed by atoms with van der Waals surface area (Å²) in [6.07, 6.45) is 6.07. The number of benzene rings is 1. The highest BCUT2D eigenvalue weighted by Crippen LogP contribution is 2.27. The maximum atomic E-state index is 13.0. The van der Waals surface area contributed by atoms with Crippen LogP contribution in [0.5, 0.6) is 0 Å². The van der Waals surface area contributed by atoms with Crippen molar-refractivity contribution in [1.82, 2.24) is 19.8 Å². The molecular weight excluding hydrogens is 418 g/mol. The van der Waals surface area contributed by atoms with Crippen LogP contribution in [0.4, 0.5) is 5.82 Å². The molecule has 0 aliphatic carbocycles. The molecule has 0 saturated carbocycles. The number of likely N-dealkylation sites (tertiary alicyclic amines) is 1. The van der Waals surface area contributed by atoms with Crippen molar-refractivity contribution in [2.45, 2.75) is 58.4 Å². The van der Waals surface area contributed by atoms with E-state index in [1.165, 1.54) is 5.56 Å². The van der Waals surface area contributed by atoms with Gasteiger partial charge in [-0.05, 0) is 44.6 Å². The predicted octanol–water partition coefficient (Wildman–Crippen LogP) is 4.18. The lowest BCUT2D eigenvalue weighted by molar-refractivity contribution is -0.116. The molecule has 4 rings (SSSR count). The van der Waals surface area contributed by atoms with Gasteiger partial charge in [-0.2, -0.15) is 5.10 Å². The van der Waals surface area contributed by atoms with E-state index in [4.69, 9.17) is 4.52 Å². The molecule has 8 nitrogen and oxygen atoms in total. The largest absolute Gasteiger partial charge is 0.361 e. The molecule has 1 saturated heterocycles. The Morgan fingerprint density at radius 1 is 1.15 bits per heavy atom. The highest BCUT2D eigenvalue weighted by molar-refractivity contribution is 5.96. The Bertz CT molecular complexity index is 1080. The number of nitrogens with one attached hydrogen (secondary N) is 1. The number of hydrogen-bond donors (Lipinski definition) is 1. The molecule has 33 heavy (non-hydrogen) atoms. The summed E-state index contributed by atoms with van der Waals surface area (Å²) in [5, 5.41) is 11.5. The highest BCUT2D eigenvalue weighted by Gasteiger charge is 2.29. The number of aryl methyl sites for hydroxylation is 3. The average molecular weight is 450 g/mol. The second-order valence-corrected chi connectivity index (χ2v) is 8.49. The zero-order chi connectivity index (χ0) is 23.2. The van der Waals surface area contributed by atoms with Crippen molar-refractivity contribution >= 4 is 17.6 Å². The minimum atomic E-state index is -0.0172. The third-order valence-electron chi connectivity index (χ3n) is 6.23. The van der Waals surface area contributed by atoms with Crippen LogP contribution in [0.15, 0.2) is 47.1 Å². The van der Waals surface area contributed by atoms with Crippen molar-refractivity contribution in [1.29, 1.82) is 0 Å². The molecule has 0 bridgehead atoms. The Hall–Kier alpha value is -3.42. The minimum absolute atomic E-state index is 0.00433. The van der Waals surface area contributed by atoms with E-state index in [1.54, 1.807) is 13.1 Å². The number of aromatic nitrogens is 3. The van der Waals surface area contributed by atoms with E-state index in [9.17, 15) is 9.59 Å². The topological polar surface area (TPSA) is 93.3 Å². The molecular formula is C25H31N5O3. The van der Waals surface area contributed by atoms with E-state index in [0.717, 1.165) is 25.7 Å². The molecule has 2 amide bonds. The van der Waals surface area contributed by atoms with Gasteiger partial charge in [-0.3, -0.25) is 9.59 Å². The molecule has 1 aliphatic rings. The third kappa shape index (κ3) is 5.32. The second kappa shape index (κ2) is 10.5. The first-order valence-corrected chi connectivity index (χ1v) is 11.7. The third-order valence-corrected chi connectivity index (χ3v) is 6.23. The maximum Gasteiger partial charge on any atom is 0.259 e. The predicted molar refractivity (Wildman–Crippen MR) is 125 cm³/mol. The molecule has 0 spiro atoms. The molecule has 8 heteroatoms. The molecule has 1 fully saturated rings. The fraction of sp³-hybridized carbons (Fsp3) is 0.440. The first-order valence-electron chi connectivity index (χ1n) is 11.7. The molecule has 0 unspecified atom stereocenters. The number of carbonyl (C=O) groups excluding carboxylic acids is 2. The van der Waals surface area contributed by atoms with Crippen LogP contribution in [0, 0.1) is 6.92 Å². The van der Waals surface area contributed by atoms with Crippen LogP contribution < -0.4 is 5.32 Å². The maximum absolute atomic E-state index is 13.0. The second-order valence-electron chi connectivity index (χ2n) is 8.49. The Labute approximate surface area is 193 Å². The monoisotopic (exact) mass is 449 g/mol. The summed E-state index contributed by atoms with van der Waals surface area (Å²) >= 11 is 0. The first kappa shape index (κ1) is 22.8. The normalized spacial score (nSPS) is 14.4. The van der Waals surface area contributed by atoms with Crippen molar-refractivity contribution in [3.8, 4) is 0 Å². The number of hydrogen-bond acceptors (Lipinski definition) is 5. The Kier molecular flexibility index (Phi) is 7.22. The smallest absolute Gasteiger partial charge is 0.259 e. The van der Waals surface area contributed by atoms with Crippen LogP contribution in [0.25, 0.3) is 0 Å². The lowest BCUT2D eigenvalue weighted by atomic mass is 10.0. The van der Waals surface area contributed by atoms with Gasteiger partial charge in [0.25, 0.3) is 5.91 Å². The van der Waals surface area contributed by atoms with Gasteiger partial charge in [0.1, 0.15) is 17.1 Å². The summed E-state index contributed by atoms with van der Waals surface area (Å²) in [6.45, 7) is 5.00. The number of anilines is 1. The van der Waals surface area contributed by atoms with Crippen LogP contribution >= 0.6 is 0 Å². The number of rotatable bonds is 8. The summed E-state index contributed by atoms with van der Waals surface area (Å²) in [5.41, 5.74) is 2.55. The summed E-state index contributed by atoms with van der Waals surface area (Å²) < 4.78 is 7.12. The molecule has 3 aromatic rings. The molecule has 1 aliphatic heterocycles. The zero-order valence-corrected chi connectivity index (χ0v) is 19.3. The number of piperidine rings is 1. The van der Waals surface area contributed by atoms with Gasteiger partial charge in [-0.1, -0.05) is 42.4 Å². The Morgan fingerprint density at radius 2 is 1.91 bits per heavy atom. The van der Waals surface area contributed by atoms with Crippen molar-refractivity contribution in [3.63, 3.8) is 0 Å². The molecule has 1 aromatic carbocycles. The van der Waals surface area contributed by atoms with Gasteiger partial charge in [0, 0.05) is 25.6 Å². The van der Waals surface area contributed by atoms with Gasteiger partial charge in [0.2, 0.25) is 5.91 Å². The summed E-state index contributed by atoms with van der Waals surface area (Å²) in [4.78, 5) is 27.4. The fourth-order valence-electron chi connectivity index (χ4n) is 4.41. The molecule has 0 atom stereocenters. The number of nitrogens with zero attached hydrogens (tertiary/aromatic N) is 4. The lowest BCUT2D eigenvalue weighted by Gasteiger charge is -2.32. The van der Waals surface area contributed by atoms with Gasteiger partial charge in [-0.15, -0.1) is 0 Å². The molecule has 2 aromatic heterocycles. The van der Waals surface area contributed by atoms with Gasteiger partial charge in [-0.25, -0.2) is 4.68 Å². The van der Waals surface area contributed by atoms with Crippen molar-refractivity contribution < 1.29 is 14.1 Å². The van der Waals surface area contributed by atoms with Crippen LogP contribution in [0.3, 0.4) is 0 Å². The summed E-state index contributed by atoms with van der Waals surface area (Å²) in [6, 6.07) is 12.2. The first-order chi connectivity index (χ1) is 16.1. The van der Waals surface area contributed by atoms with Gasteiger partial charge >= 0.3 is 0 Å².